The molecule has 1 unspecified atom stereocenters. The Bertz CT molecular complexity index is 808. The van der Waals surface area contributed by atoms with Gasteiger partial charge in [0, 0.05) is 18.2 Å². The summed E-state index contributed by atoms with van der Waals surface area (Å²) >= 11 is 1.90. The molecule has 150 valence electrons. The molecule has 0 spiro atoms. The number of hydrogen-bond acceptors (Lipinski definition) is 5. The molecule has 1 atom stereocenters. The second-order valence-electron chi connectivity index (χ2n) is 7.31. The predicted octanol–water partition coefficient (Wildman–Crippen LogP) is 5.15. The molecule has 1 aliphatic carbocycles. The Kier molecular flexibility index (Phi) is 6.78. The van der Waals surface area contributed by atoms with Crippen LogP contribution in [0.1, 0.15) is 45.1 Å². The lowest BCUT2D eigenvalue weighted by Crippen LogP contribution is -2.44. The highest BCUT2D eigenvalue weighted by atomic mass is 32.2. The molecule has 1 aromatic heterocycles. The minimum absolute atomic E-state index is 0.137. The topological polar surface area (TPSA) is 38.2 Å². The lowest BCUT2D eigenvalue weighted by molar-refractivity contribution is 0.0985. The molecule has 5 heteroatoms. The van der Waals surface area contributed by atoms with Crippen molar-refractivity contribution in [3.05, 3.63) is 60.1 Å². The first-order valence-electron chi connectivity index (χ1n) is 10.00. The Morgan fingerprint density at radius 2 is 2.14 bits per heavy atom. The van der Waals surface area contributed by atoms with Gasteiger partial charge in [-0.25, -0.2) is 9.97 Å². The fourth-order valence-electron chi connectivity index (χ4n) is 3.62. The number of anilines is 1. The van der Waals surface area contributed by atoms with Gasteiger partial charge in [-0.2, -0.15) is 11.8 Å². The van der Waals surface area contributed by atoms with Gasteiger partial charge in [0.1, 0.15) is 5.82 Å². The maximum Gasteiger partial charge on any atom is 0.162 e. The van der Waals surface area contributed by atoms with Crippen molar-refractivity contribution in [1.82, 2.24) is 9.97 Å². The van der Waals surface area contributed by atoms with Crippen molar-refractivity contribution in [2.45, 2.75) is 44.4 Å². The Morgan fingerprint density at radius 1 is 1.36 bits per heavy atom. The van der Waals surface area contributed by atoms with E-state index >= 15 is 0 Å². The molecule has 28 heavy (non-hydrogen) atoms. The van der Waals surface area contributed by atoms with E-state index in [0.29, 0.717) is 6.04 Å². The largest absolute Gasteiger partial charge is 0.377 e. The summed E-state index contributed by atoms with van der Waals surface area (Å²) in [4.78, 5) is 12.4. The zero-order valence-corrected chi connectivity index (χ0v) is 18.3. The highest BCUT2D eigenvalue weighted by molar-refractivity contribution is 7.99. The van der Waals surface area contributed by atoms with Crippen molar-refractivity contribution in [2.24, 2.45) is 0 Å². The number of nitrogens with zero attached hydrogens (tertiary/aromatic N) is 3. The summed E-state index contributed by atoms with van der Waals surface area (Å²) in [6.45, 7) is 12.5. The predicted molar refractivity (Wildman–Crippen MR) is 121 cm³/mol. The van der Waals surface area contributed by atoms with Crippen LogP contribution in [0.5, 0.6) is 0 Å². The summed E-state index contributed by atoms with van der Waals surface area (Å²) in [5.74, 6) is 1.78. The van der Waals surface area contributed by atoms with Crippen LogP contribution in [0.15, 0.2) is 48.6 Å². The van der Waals surface area contributed by atoms with Crippen LogP contribution in [0.25, 0.3) is 5.57 Å². The lowest BCUT2D eigenvalue weighted by atomic mass is 10.0. The van der Waals surface area contributed by atoms with Crippen LogP contribution < -0.4 is 4.90 Å². The Morgan fingerprint density at radius 3 is 2.71 bits per heavy atom. The zero-order chi connectivity index (χ0) is 20.1. The highest BCUT2D eigenvalue weighted by Crippen LogP contribution is 2.55. The molecule has 1 saturated heterocycles. The lowest BCUT2D eigenvalue weighted by Gasteiger charge is -2.35. The molecule has 4 nitrogen and oxygen atoms in total. The molecule has 0 amide bonds. The molecule has 2 fully saturated rings. The van der Waals surface area contributed by atoms with E-state index in [1.165, 1.54) is 12.8 Å². The van der Waals surface area contributed by atoms with Crippen LogP contribution in [0, 0.1) is 0 Å². The smallest absolute Gasteiger partial charge is 0.162 e. The molecule has 0 N–H and O–H groups in total. The molecule has 0 radical (unpaired) electrons. The van der Waals surface area contributed by atoms with Crippen LogP contribution in [-0.4, -0.2) is 42.0 Å². The second kappa shape index (κ2) is 9.10. The molecule has 2 heterocycles. The third kappa shape index (κ3) is 4.26. The standard InChI is InChI=1S/C23H31N3OS/c1-6-9-18(8-3)19(10-7-2)22-24-20(23(28-5)11-12-23)15-21(25-22)26-13-14-27-16-17(26)4/h6-10,15,17H,2,11-14,16H2,1,3-5H3/b9-6-,18-8-,19-10+. The van der Waals surface area contributed by atoms with Gasteiger partial charge in [-0.3, -0.25) is 0 Å². The maximum atomic E-state index is 5.64. The molecule has 1 aromatic rings. The van der Waals surface area contributed by atoms with Gasteiger partial charge >= 0.3 is 0 Å². The molecule has 1 saturated carbocycles. The van der Waals surface area contributed by atoms with E-state index in [0.717, 1.165) is 48.2 Å². The molecule has 0 bridgehead atoms. The zero-order valence-electron chi connectivity index (χ0n) is 17.4. The van der Waals surface area contributed by atoms with E-state index in [1.807, 2.05) is 43.8 Å². The van der Waals surface area contributed by atoms with Crippen LogP contribution in [0.4, 0.5) is 5.82 Å². The first-order valence-corrected chi connectivity index (χ1v) is 11.2. The number of thioether (sulfide) groups is 1. The molecular formula is C23H31N3OS. The number of ether oxygens (including phenoxy) is 1. The average Bonchev–Trinajstić information content (AvgIpc) is 3.52. The summed E-state index contributed by atoms with van der Waals surface area (Å²) in [5, 5.41) is 0. The fourth-order valence-corrected chi connectivity index (χ4v) is 4.44. The van der Waals surface area contributed by atoms with Gasteiger partial charge in [0.15, 0.2) is 5.82 Å². The van der Waals surface area contributed by atoms with E-state index in [1.54, 1.807) is 0 Å². The van der Waals surface area contributed by atoms with Gasteiger partial charge < -0.3 is 9.64 Å². The van der Waals surface area contributed by atoms with Gasteiger partial charge in [0.2, 0.25) is 0 Å². The highest BCUT2D eigenvalue weighted by Gasteiger charge is 2.46. The first-order chi connectivity index (χ1) is 13.6. The number of allylic oxidation sites excluding steroid dienone is 7. The van der Waals surface area contributed by atoms with E-state index in [2.05, 4.69) is 42.9 Å². The quantitative estimate of drug-likeness (QED) is 0.595. The van der Waals surface area contributed by atoms with Crippen molar-refractivity contribution < 1.29 is 4.74 Å². The Labute approximate surface area is 173 Å². The molecular weight excluding hydrogens is 366 g/mol. The van der Waals surface area contributed by atoms with E-state index in [-0.39, 0.29) is 4.75 Å². The average molecular weight is 398 g/mol. The van der Waals surface area contributed by atoms with Gasteiger partial charge in [-0.1, -0.05) is 37.0 Å². The van der Waals surface area contributed by atoms with Crippen molar-refractivity contribution in [1.29, 1.82) is 0 Å². The number of aromatic nitrogens is 2. The van der Waals surface area contributed by atoms with Crippen LogP contribution >= 0.6 is 11.8 Å². The molecule has 2 aliphatic rings. The van der Waals surface area contributed by atoms with Crippen LogP contribution in [0.2, 0.25) is 0 Å². The number of hydrogen-bond donors (Lipinski definition) is 0. The summed E-state index contributed by atoms with van der Waals surface area (Å²) in [6.07, 6.45) is 14.6. The van der Waals surface area contributed by atoms with E-state index in [9.17, 15) is 0 Å². The normalized spacial score (nSPS) is 22.6. The van der Waals surface area contributed by atoms with Crippen molar-refractivity contribution in [2.75, 3.05) is 30.9 Å². The minimum Gasteiger partial charge on any atom is -0.377 e. The van der Waals surface area contributed by atoms with E-state index in [4.69, 9.17) is 14.7 Å². The summed E-state index contributed by atoms with van der Waals surface area (Å²) in [6, 6.07) is 2.50. The van der Waals surface area contributed by atoms with Gasteiger partial charge in [-0.15, -0.1) is 0 Å². The van der Waals surface area contributed by atoms with Crippen LogP contribution in [-0.2, 0) is 9.48 Å². The molecule has 1 aliphatic heterocycles. The summed E-state index contributed by atoms with van der Waals surface area (Å²) < 4.78 is 5.77. The summed E-state index contributed by atoms with van der Waals surface area (Å²) in [5.41, 5.74) is 3.26. The Balaban J connectivity index is 2.14. The number of morpholine rings is 1. The van der Waals surface area contributed by atoms with Crippen molar-refractivity contribution in [3.63, 3.8) is 0 Å². The Hall–Kier alpha value is -1.85. The van der Waals surface area contributed by atoms with Crippen molar-refractivity contribution >= 4 is 23.2 Å². The van der Waals surface area contributed by atoms with Gasteiger partial charge in [-0.05, 0) is 45.4 Å². The van der Waals surface area contributed by atoms with Gasteiger partial charge in [0.05, 0.1) is 29.7 Å². The number of rotatable bonds is 7. The third-order valence-electron chi connectivity index (χ3n) is 5.43. The van der Waals surface area contributed by atoms with Crippen molar-refractivity contribution in [3.8, 4) is 0 Å². The second-order valence-corrected chi connectivity index (χ2v) is 8.50. The monoisotopic (exact) mass is 397 g/mol. The molecule has 3 rings (SSSR count). The third-order valence-corrected chi connectivity index (χ3v) is 6.83. The summed E-state index contributed by atoms with van der Waals surface area (Å²) in [7, 11) is 0. The SMILES string of the molecule is C=C\C=C(C(/C=C\C)=C\C)\c1nc(N2CCOCC2C)cc(C2(SC)CC2)n1. The first kappa shape index (κ1) is 20.9. The van der Waals surface area contributed by atoms with E-state index < -0.39 is 0 Å². The maximum absolute atomic E-state index is 5.64. The fraction of sp³-hybridized carbons (Fsp3) is 0.478. The van der Waals surface area contributed by atoms with Gasteiger partial charge in [0.25, 0.3) is 0 Å². The molecule has 0 aromatic carbocycles. The van der Waals surface area contributed by atoms with Crippen LogP contribution in [0.3, 0.4) is 0 Å². The minimum atomic E-state index is 0.137.